The number of rotatable bonds is 6. The first-order valence-corrected chi connectivity index (χ1v) is 9.91. The van der Waals surface area contributed by atoms with Crippen molar-refractivity contribution in [2.75, 3.05) is 44.2 Å². The van der Waals surface area contributed by atoms with Crippen LogP contribution >= 0.6 is 0 Å². The fourth-order valence-corrected chi connectivity index (χ4v) is 3.77. The number of hydrogen-bond donors (Lipinski definition) is 1. The van der Waals surface area contributed by atoms with Gasteiger partial charge >= 0.3 is 6.03 Å². The van der Waals surface area contributed by atoms with Gasteiger partial charge in [0.25, 0.3) is 5.91 Å². The summed E-state index contributed by atoms with van der Waals surface area (Å²) in [6, 6.07) is 1.85. The number of nitriles is 1. The predicted molar refractivity (Wildman–Crippen MR) is 101 cm³/mol. The van der Waals surface area contributed by atoms with Gasteiger partial charge in [0.05, 0.1) is 0 Å². The summed E-state index contributed by atoms with van der Waals surface area (Å²) in [7, 11) is 0. The molecule has 28 heavy (non-hydrogen) atoms. The summed E-state index contributed by atoms with van der Waals surface area (Å²) in [6.07, 6.45) is 2.92. The average Bonchev–Trinajstić information content (AvgIpc) is 3.39. The van der Waals surface area contributed by atoms with Crippen LogP contribution in [0.5, 0.6) is 0 Å². The van der Waals surface area contributed by atoms with Crippen molar-refractivity contribution < 1.29 is 14.0 Å². The van der Waals surface area contributed by atoms with Crippen molar-refractivity contribution in [1.29, 1.82) is 5.26 Å². The van der Waals surface area contributed by atoms with Crippen molar-refractivity contribution in [2.45, 2.75) is 44.6 Å². The molecule has 9 nitrogen and oxygen atoms in total. The molecule has 2 aliphatic heterocycles. The van der Waals surface area contributed by atoms with Crippen molar-refractivity contribution in [2.24, 2.45) is 0 Å². The largest absolute Gasteiger partial charge is 0.423 e. The maximum atomic E-state index is 12.2. The summed E-state index contributed by atoms with van der Waals surface area (Å²) in [5, 5.41) is 12.0. The molecule has 3 amide bonds. The van der Waals surface area contributed by atoms with Gasteiger partial charge in [0, 0.05) is 38.6 Å². The summed E-state index contributed by atoms with van der Waals surface area (Å²) in [4.78, 5) is 34.2. The molecule has 0 spiro atoms. The molecule has 1 N–H and O–H groups in total. The van der Waals surface area contributed by atoms with Gasteiger partial charge in [-0.1, -0.05) is 0 Å². The quantitative estimate of drug-likeness (QED) is 0.734. The standard InChI is InChI=1S/C19H26N6O3/c1-19(2)17(26)25(18(27)22-19)7-3-6-23-8-10-24(11-9-23)16-14(12-20)21-15(28-16)13-4-5-13/h13H,3-11H2,1-2H3,(H,22,27). The lowest BCUT2D eigenvalue weighted by Gasteiger charge is -2.34. The van der Waals surface area contributed by atoms with Crippen LogP contribution in [0.3, 0.4) is 0 Å². The van der Waals surface area contributed by atoms with Crippen LogP contribution in [-0.2, 0) is 4.79 Å². The lowest BCUT2D eigenvalue weighted by Crippen LogP contribution is -2.47. The average molecular weight is 386 g/mol. The SMILES string of the molecule is CC1(C)NC(=O)N(CCCN2CCN(c3oc(C4CC4)nc3C#N)CC2)C1=O. The number of carbonyl (C=O) groups is 2. The lowest BCUT2D eigenvalue weighted by atomic mass is 10.1. The van der Waals surface area contributed by atoms with E-state index in [-0.39, 0.29) is 11.9 Å². The molecular formula is C19H26N6O3. The molecule has 0 radical (unpaired) electrons. The van der Waals surface area contributed by atoms with Crippen molar-refractivity contribution in [1.82, 2.24) is 20.1 Å². The molecule has 1 saturated carbocycles. The van der Waals surface area contributed by atoms with E-state index in [1.165, 1.54) is 4.90 Å². The highest BCUT2D eigenvalue weighted by Gasteiger charge is 2.43. The minimum absolute atomic E-state index is 0.164. The van der Waals surface area contributed by atoms with Crippen LogP contribution in [0, 0.1) is 11.3 Å². The molecule has 0 unspecified atom stereocenters. The van der Waals surface area contributed by atoms with Gasteiger partial charge in [-0.15, -0.1) is 0 Å². The van der Waals surface area contributed by atoms with E-state index in [0.29, 0.717) is 29.9 Å². The molecule has 9 heteroatoms. The van der Waals surface area contributed by atoms with Crippen LogP contribution in [-0.4, -0.2) is 71.5 Å². The monoisotopic (exact) mass is 386 g/mol. The van der Waals surface area contributed by atoms with Crippen LogP contribution in [0.15, 0.2) is 4.42 Å². The third kappa shape index (κ3) is 3.56. The van der Waals surface area contributed by atoms with Gasteiger partial charge in [0.2, 0.25) is 17.5 Å². The second-order valence-corrected chi connectivity index (χ2v) is 8.29. The van der Waals surface area contributed by atoms with Gasteiger partial charge in [0.15, 0.2) is 0 Å². The van der Waals surface area contributed by atoms with Crippen LogP contribution < -0.4 is 10.2 Å². The summed E-state index contributed by atoms with van der Waals surface area (Å²) in [5.41, 5.74) is -0.422. The fraction of sp³-hybridized carbons (Fsp3) is 0.684. The van der Waals surface area contributed by atoms with Crippen LogP contribution in [0.2, 0.25) is 0 Å². The molecule has 0 bridgehead atoms. The van der Waals surface area contributed by atoms with E-state index in [9.17, 15) is 14.9 Å². The number of hydrogen-bond acceptors (Lipinski definition) is 7. The van der Waals surface area contributed by atoms with Gasteiger partial charge in [-0.2, -0.15) is 5.26 Å². The highest BCUT2D eigenvalue weighted by atomic mass is 16.4. The minimum Gasteiger partial charge on any atom is -0.423 e. The topological polar surface area (TPSA) is 106 Å². The molecule has 0 aromatic carbocycles. The van der Waals surface area contributed by atoms with Gasteiger partial charge < -0.3 is 14.6 Å². The molecule has 150 valence electrons. The molecule has 2 saturated heterocycles. The number of urea groups is 1. The van der Waals surface area contributed by atoms with Crippen molar-refractivity contribution in [3.63, 3.8) is 0 Å². The molecule has 3 fully saturated rings. The number of oxazole rings is 1. The molecule has 4 rings (SSSR count). The Morgan fingerprint density at radius 3 is 2.50 bits per heavy atom. The van der Waals surface area contributed by atoms with Crippen LogP contribution in [0.4, 0.5) is 10.7 Å². The fourth-order valence-electron chi connectivity index (χ4n) is 3.77. The Balaban J connectivity index is 1.26. The van der Waals surface area contributed by atoms with Gasteiger partial charge in [-0.3, -0.25) is 14.6 Å². The zero-order valence-corrected chi connectivity index (χ0v) is 16.4. The number of imide groups is 1. The number of anilines is 1. The Bertz CT molecular complexity index is 814. The maximum Gasteiger partial charge on any atom is 0.325 e. The predicted octanol–water partition coefficient (Wildman–Crippen LogP) is 1.27. The van der Waals surface area contributed by atoms with E-state index >= 15 is 0 Å². The Morgan fingerprint density at radius 1 is 1.21 bits per heavy atom. The molecule has 1 aromatic heterocycles. The zero-order valence-electron chi connectivity index (χ0n) is 16.4. The van der Waals surface area contributed by atoms with Crippen LogP contribution in [0.25, 0.3) is 0 Å². The van der Waals surface area contributed by atoms with Gasteiger partial charge in [0.1, 0.15) is 11.6 Å². The number of nitrogens with zero attached hydrogens (tertiary/aromatic N) is 5. The number of carbonyl (C=O) groups excluding carboxylic acids is 2. The third-order valence-corrected chi connectivity index (χ3v) is 5.62. The molecule has 1 aromatic rings. The summed E-state index contributed by atoms with van der Waals surface area (Å²) in [6.45, 7) is 7.92. The first-order chi connectivity index (χ1) is 13.4. The summed E-state index contributed by atoms with van der Waals surface area (Å²) < 4.78 is 5.88. The molecule has 0 atom stereocenters. The number of amides is 3. The van der Waals surface area contributed by atoms with Crippen LogP contribution in [0.1, 0.15) is 50.6 Å². The first-order valence-electron chi connectivity index (χ1n) is 9.91. The summed E-state index contributed by atoms with van der Waals surface area (Å²) >= 11 is 0. The zero-order chi connectivity index (χ0) is 19.9. The van der Waals surface area contributed by atoms with Crippen molar-refractivity contribution in [3.8, 4) is 6.07 Å². The first kappa shape index (κ1) is 18.7. The summed E-state index contributed by atoms with van der Waals surface area (Å²) in [5.74, 6) is 1.52. The van der Waals surface area contributed by atoms with Crippen molar-refractivity contribution >= 4 is 17.8 Å². The maximum absolute atomic E-state index is 12.2. The van der Waals surface area contributed by atoms with E-state index in [2.05, 4.69) is 26.2 Å². The second kappa shape index (κ2) is 7.09. The van der Waals surface area contributed by atoms with E-state index in [0.717, 1.165) is 52.0 Å². The number of aromatic nitrogens is 1. The molecule has 1 aliphatic carbocycles. The Labute approximate surface area is 164 Å². The van der Waals surface area contributed by atoms with E-state index in [4.69, 9.17) is 4.42 Å². The van der Waals surface area contributed by atoms with E-state index in [1.54, 1.807) is 13.8 Å². The normalized spacial score (nSPS) is 22.5. The van der Waals surface area contributed by atoms with Gasteiger partial charge in [-0.25, -0.2) is 9.78 Å². The highest BCUT2D eigenvalue weighted by molar-refractivity contribution is 6.06. The molecule has 3 aliphatic rings. The van der Waals surface area contributed by atoms with Crippen molar-refractivity contribution in [3.05, 3.63) is 11.6 Å². The molecular weight excluding hydrogens is 360 g/mol. The Hall–Kier alpha value is -2.60. The third-order valence-electron chi connectivity index (χ3n) is 5.62. The smallest absolute Gasteiger partial charge is 0.325 e. The highest BCUT2D eigenvalue weighted by Crippen LogP contribution is 2.41. The lowest BCUT2D eigenvalue weighted by molar-refractivity contribution is -0.130. The number of nitrogens with one attached hydrogen (secondary N) is 1. The second-order valence-electron chi connectivity index (χ2n) is 8.29. The van der Waals surface area contributed by atoms with E-state index in [1.807, 2.05) is 0 Å². The number of piperazine rings is 1. The minimum atomic E-state index is -0.808. The Kier molecular flexibility index (Phi) is 4.75. The van der Waals surface area contributed by atoms with E-state index < -0.39 is 5.54 Å². The van der Waals surface area contributed by atoms with Gasteiger partial charge in [-0.05, 0) is 39.7 Å². The Morgan fingerprint density at radius 2 is 1.93 bits per heavy atom. The molecule has 3 heterocycles.